The average Bonchev–Trinajstić information content (AvgIpc) is 3.08. The van der Waals surface area contributed by atoms with E-state index >= 15 is 0 Å². The largest absolute Gasteiger partial charge is 0.495 e. The number of aromatic nitrogens is 2. The van der Waals surface area contributed by atoms with E-state index in [-0.39, 0.29) is 18.0 Å². The molecule has 0 radical (unpaired) electrons. The second-order valence-electron chi connectivity index (χ2n) is 7.72. The number of para-hydroxylation sites is 1. The topological polar surface area (TPSA) is 74.5 Å². The number of halogens is 2. The van der Waals surface area contributed by atoms with E-state index < -0.39 is 0 Å². The molecule has 1 N–H and O–H groups in total. The van der Waals surface area contributed by atoms with Crippen LogP contribution in [0.15, 0.2) is 71.5 Å². The van der Waals surface area contributed by atoms with Crippen molar-refractivity contribution in [3.8, 4) is 23.1 Å². The van der Waals surface area contributed by atoms with Crippen LogP contribution in [0.4, 0.5) is 5.69 Å². The van der Waals surface area contributed by atoms with E-state index in [1.54, 1.807) is 53.2 Å². The molecular weight excluding hydrogens is 477 g/mol. The van der Waals surface area contributed by atoms with Gasteiger partial charge in [-0.1, -0.05) is 41.4 Å². The maximum absolute atomic E-state index is 13.5. The standard InChI is InChI=1S/C25H19Cl2N3O4/c1-33-22-10-8-17(13-20(22)27)28-23(31)14-29-25-19(12-15-11-16(26)7-9-21(15)34-25)24(32)30(29)18-5-3-2-4-6-18/h2-11,13H,12,14H2,1H3,(H,28,31). The van der Waals surface area contributed by atoms with E-state index in [9.17, 15) is 9.59 Å². The Labute approximate surface area is 205 Å². The number of ether oxygens (including phenoxy) is 2. The number of rotatable bonds is 5. The summed E-state index contributed by atoms with van der Waals surface area (Å²) in [7, 11) is 1.52. The molecule has 0 saturated carbocycles. The van der Waals surface area contributed by atoms with Crippen molar-refractivity contribution in [1.82, 2.24) is 9.36 Å². The minimum atomic E-state index is -0.353. The van der Waals surface area contributed by atoms with Crippen molar-refractivity contribution in [2.24, 2.45) is 0 Å². The van der Waals surface area contributed by atoms with Gasteiger partial charge >= 0.3 is 0 Å². The van der Waals surface area contributed by atoms with Gasteiger partial charge in [0.05, 0.1) is 23.4 Å². The van der Waals surface area contributed by atoms with Crippen LogP contribution >= 0.6 is 23.2 Å². The Bertz CT molecular complexity index is 1460. The molecule has 0 spiro atoms. The normalized spacial score (nSPS) is 11.9. The fourth-order valence-electron chi connectivity index (χ4n) is 3.97. The Morgan fingerprint density at radius 3 is 2.62 bits per heavy atom. The molecule has 0 saturated heterocycles. The summed E-state index contributed by atoms with van der Waals surface area (Å²) < 4.78 is 14.3. The molecule has 9 heteroatoms. The molecule has 4 aromatic rings. The lowest BCUT2D eigenvalue weighted by Gasteiger charge is -2.19. The highest BCUT2D eigenvalue weighted by atomic mass is 35.5. The number of carbonyl (C=O) groups is 1. The zero-order valence-corrected chi connectivity index (χ0v) is 19.6. The predicted molar refractivity (Wildman–Crippen MR) is 131 cm³/mol. The number of hydrogen-bond donors (Lipinski definition) is 1. The summed E-state index contributed by atoms with van der Waals surface area (Å²) in [6.07, 6.45) is 0.347. The lowest BCUT2D eigenvalue weighted by molar-refractivity contribution is -0.117. The molecule has 0 unspecified atom stereocenters. The summed E-state index contributed by atoms with van der Waals surface area (Å²) in [4.78, 5) is 26.5. The molecule has 5 rings (SSSR count). The third-order valence-corrected chi connectivity index (χ3v) is 6.04. The quantitative estimate of drug-likeness (QED) is 0.359. The second-order valence-corrected chi connectivity index (χ2v) is 8.57. The minimum Gasteiger partial charge on any atom is -0.495 e. The lowest BCUT2D eigenvalue weighted by atomic mass is 10.0. The predicted octanol–water partition coefficient (Wildman–Crippen LogP) is 5.29. The molecular formula is C25H19Cl2N3O4. The van der Waals surface area contributed by atoms with Crippen molar-refractivity contribution in [2.45, 2.75) is 13.0 Å². The maximum atomic E-state index is 13.5. The van der Waals surface area contributed by atoms with Gasteiger partial charge in [-0.2, -0.15) is 0 Å². The van der Waals surface area contributed by atoms with Gasteiger partial charge in [0.15, 0.2) is 0 Å². The van der Waals surface area contributed by atoms with Gasteiger partial charge in [0.25, 0.3) is 5.56 Å². The van der Waals surface area contributed by atoms with Crippen LogP contribution in [-0.4, -0.2) is 22.4 Å². The fourth-order valence-corrected chi connectivity index (χ4v) is 4.42. The van der Waals surface area contributed by atoms with Crippen molar-refractivity contribution in [1.29, 1.82) is 0 Å². The summed E-state index contributed by atoms with van der Waals surface area (Å²) in [5, 5.41) is 3.75. The van der Waals surface area contributed by atoms with E-state index in [1.807, 2.05) is 18.2 Å². The number of methoxy groups -OCH3 is 1. The van der Waals surface area contributed by atoms with Crippen LogP contribution in [0.1, 0.15) is 11.1 Å². The van der Waals surface area contributed by atoms with Gasteiger partial charge in [0, 0.05) is 22.7 Å². The fraction of sp³-hybridized carbons (Fsp3) is 0.120. The van der Waals surface area contributed by atoms with Crippen LogP contribution < -0.4 is 20.3 Å². The van der Waals surface area contributed by atoms with E-state index in [0.29, 0.717) is 50.8 Å². The Kier molecular flexibility index (Phi) is 5.81. The van der Waals surface area contributed by atoms with Crippen LogP contribution in [0, 0.1) is 0 Å². The zero-order chi connectivity index (χ0) is 23.8. The van der Waals surface area contributed by atoms with Gasteiger partial charge in [0.2, 0.25) is 11.8 Å². The first-order valence-electron chi connectivity index (χ1n) is 10.4. The lowest BCUT2D eigenvalue weighted by Crippen LogP contribution is -2.27. The van der Waals surface area contributed by atoms with Crippen molar-refractivity contribution in [3.05, 3.63) is 98.3 Å². The molecule has 172 valence electrons. The minimum absolute atomic E-state index is 0.161. The third kappa shape index (κ3) is 4.04. The van der Waals surface area contributed by atoms with Gasteiger partial charge in [0.1, 0.15) is 18.0 Å². The van der Waals surface area contributed by atoms with E-state index in [1.165, 1.54) is 11.8 Å². The molecule has 1 aromatic heterocycles. The highest BCUT2D eigenvalue weighted by molar-refractivity contribution is 6.32. The summed E-state index contributed by atoms with van der Waals surface area (Å²) in [6, 6.07) is 19.3. The molecule has 34 heavy (non-hydrogen) atoms. The van der Waals surface area contributed by atoms with Crippen LogP contribution in [-0.2, 0) is 17.8 Å². The molecule has 0 atom stereocenters. The average molecular weight is 496 g/mol. The number of hydrogen-bond acceptors (Lipinski definition) is 4. The number of anilines is 1. The van der Waals surface area contributed by atoms with Crippen LogP contribution in [0.3, 0.4) is 0 Å². The van der Waals surface area contributed by atoms with Crippen LogP contribution in [0.2, 0.25) is 10.0 Å². The van der Waals surface area contributed by atoms with Gasteiger partial charge in [-0.05, 0) is 48.5 Å². The first-order valence-corrected chi connectivity index (χ1v) is 11.2. The monoisotopic (exact) mass is 495 g/mol. The summed E-state index contributed by atoms with van der Waals surface area (Å²) in [6.45, 7) is -0.161. The number of fused-ring (bicyclic) bond motifs is 2. The molecule has 7 nitrogen and oxygen atoms in total. The van der Waals surface area contributed by atoms with Crippen molar-refractivity contribution >= 4 is 34.8 Å². The Morgan fingerprint density at radius 1 is 1.09 bits per heavy atom. The molecule has 0 aliphatic carbocycles. The maximum Gasteiger partial charge on any atom is 0.278 e. The molecule has 0 bridgehead atoms. The molecule has 3 aromatic carbocycles. The summed E-state index contributed by atoms with van der Waals surface area (Å²) >= 11 is 12.3. The third-order valence-electron chi connectivity index (χ3n) is 5.51. The number of benzene rings is 3. The number of nitrogens with one attached hydrogen (secondary N) is 1. The number of nitrogens with zero attached hydrogens (tertiary/aromatic N) is 2. The molecule has 2 heterocycles. The molecule has 1 aliphatic heterocycles. The first-order chi connectivity index (χ1) is 16.4. The Morgan fingerprint density at radius 2 is 1.88 bits per heavy atom. The van der Waals surface area contributed by atoms with E-state index in [2.05, 4.69) is 5.32 Å². The van der Waals surface area contributed by atoms with Gasteiger partial charge in [-0.25, -0.2) is 9.36 Å². The SMILES string of the molecule is COc1ccc(NC(=O)Cn2c3c(c(=O)n2-c2ccccc2)Cc2cc(Cl)ccc2O3)cc1Cl. The van der Waals surface area contributed by atoms with E-state index in [0.717, 1.165) is 5.56 Å². The van der Waals surface area contributed by atoms with Gasteiger partial charge in [-0.3, -0.25) is 9.59 Å². The summed E-state index contributed by atoms with van der Waals surface area (Å²) in [5.74, 6) is 1.07. The zero-order valence-electron chi connectivity index (χ0n) is 18.0. The Balaban J connectivity index is 1.54. The smallest absolute Gasteiger partial charge is 0.278 e. The number of amides is 1. The summed E-state index contributed by atoms with van der Waals surface area (Å²) in [5.41, 5.74) is 2.14. The molecule has 0 fully saturated rings. The van der Waals surface area contributed by atoms with Gasteiger partial charge in [-0.15, -0.1) is 0 Å². The molecule has 1 aliphatic rings. The van der Waals surface area contributed by atoms with Gasteiger partial charge < -0.3 is 14.8 Å². The highest BCUT2D eigenvalue weighted by Crippen LogP contribution is 2.37. The van der Waals surface area contributed by atoms with Crippen molar-refractivity contribution in [2.75, 3.05) is 12.4 Å². The van der Waals surface area contributed by atoms with Crippen molar-refractivity contribution in [3.63, 3.8) is 0 Å². The second kappa shape index (κ2) is 8.93. The highest BCUT2D eigenvalue weighted by Gasteiger charge is 2.29. The van der Waals surface area contributed by atoms with Crippen molar-refractivity contribution < 1.29 is 14.3 Å². The first kappa shape index (κ1) is 22.1. The Hall–Kier alpha value is -3.68. The molecule has 1 amide bonds. The van der Waals surface area contributed by atoms with E-state index in [4.69, 9.17) is 32.7 Å². The van der Waals surface area contributed by atoms with Crippen LogP contribution in [0.5, 0.6) is 17.4 Å². The number of carbonyl (C=O) groups excluding carboxylic acids is 1. The van der Waals surface area contributed by atoms with Crippen LogP contribution in [0.25, 0.3) is 5.69 Å².